The molecule has 0 saturated heterocycles. The summed E-state index contributed by atoms with van der Waals surface area (Å²) in [4.78, 5) is 56.9. The van der Waals surface area contributed by atoms with E-state index in [4.69, 9.17) is 37.9 Å². The molecule has 2 aromatic rings. The van der Waals surface area contributed by atoms with Crippen molar-refractivity contribution >= 4 is 24.1 Å². The van der Waals surface area contributed by atoms with Crippen LogP contribution in [0.1, 0.15) is 79.4 Å². The third kappa shape index (κ3) is 13.7. The first-order chi connectivity index (χ1) is 25.2. The van der Waals surface area contributed by atoms with Crippen LogP contribution in [-0.4, -0.2) is 111 Å². The summed E-state index contributed by atoms with van der Waals surface area (Å²) in [5, 5.41) is 0. The molecule has 0 aliphatic rings. The minimum absolute atomic E-state index is 0.0272. The second-order valence-corrected chi connectivity index (χ2v) is 15.2. The minimum atomic E-state index is -1.52. The molecule has 0 aromatic heterocycles. The number of carbonyl (C=O) groups is 4. The van der Waals surface area contributed by atoms with E-state index in [0.29, 0.717) is 24.3 Å². The number of benzene rings is 2. The normalized spacial score (nSPS) is 13.8. The Hall–Kier alpha value is -4.56. The van der Waals surface area contributed by atoms with Gasteiger partial charge in [-0.05, 0) is 104 Å². The number of hydrogen-bond donors (Lipinski definition) is 0. The molecule has 0 unspecified atom stereocenters. The SMILES string of the molecule is COCN(C(=O)OC(C)(C)C)[C@@](C)(Cc1ccc(OC)cc1)C(=O)OCCCCOC(=O)[C@](C)(Cc1ccc(OC)cc1)N(COC)C(=O)OC(C)(C)C. The Morgan fingerprint density at radius 3 is 1.09 bits per heavy atom. The summed E-state index contributed by atoms with van der Waals surface area (Å²) >= 11 is 0. The van der Waals surface area contributed by atoms with Gasteiger partial charge in [0, 0.05) is 27.1 Å². The molecular weight excluding hydrogens is 700 g/mol. The highest BCUT2D eigenvalue weighted by molar-refractivity contribution is 5.86. The maximum atomic E-state index is 13.9. The molecule has 302 valence electrons. The fourth-order valence-electron chi connectivity index (χ4n) is 5.37. The summed E-state index contributed by atoms with van der Waals surface area (Å²) in [5.74, 6) is -0.0560. The van der Waals surface area contributed by atoms with E-state index in [1.165, 1.54) is 24.0 Å². The smallest absolute Gasteiger partial charge is 0.413 e. The van der Waals surface area contributed by atoms with Crippen LogP contribution < -0.4 is 9.47 Å². The monoisotopic (exact) mass is 760 g/mol. The molecule has 0 N–H and O–H groups in total. The van der Waals surface area contributed by atoms with Gasteiger partial charge < -0.3 is 37.9 Å². The summed E-state index contributed by atoms with van der Waals surface area (Å²) in [5.41, 5.74) is -3.20. The quantitative estimate of drug-likeness (QED) is 0.0661. The third-order valence-electron chi connectivity index (χ3n) is 8.23. The largest absolute Gasteiger partial charge is 0.497 e. The average molecular weight is 761 g/mol. The maximum Gasteiger partial charge on any atom is 0.413 e. The molecule has 0 fully saturated rings. The summed E-state index contributed by atoms with van der Waals surface area (Å²) in [6.07, 6.45) is -0.627. The molecule has 54 heavy (non-hydrogen) atoms. The Labute approximate surface area is 320 Å². The molecule has 0 heterocycles. The van der Waals surface area contributed by atoms with Gasteiger partial charge in [0.25, 0.3) is 0 Å². The number of rotatable bonds is 19. The number of ether oxygens (including phenoxy) is 8. The van der Waals surface area contributed by atoms with E-state index in [1.807, 2.05) is 0 Å². The van der Waals surface area contributed by atoms with Gasteiger partial charge in [0.15, 0.2) is 0 Å². The molecule has 2 atom stereocenters. The second kappa shape index (κ2) is 20.2. The topological polar surface area (TPSA) is 149 Å². The van der Waals surface area contributed by atoms with Gasteiger partial charge in [0.1, 0.15) is 47.2 Å². The van der Waals surface area contributed by atoms with Crippen molar-refractivity contribution in [2.24, 2.45) is 0 Å². The maximum absolute atomic E-state index is 13.9. The van der Waals surface area contributed by atoms with Crippen LogP contribution in [0.25, 0.3) is 0 Å². The van der Waals surface area contributed by atoms with Gasteiger partial charge in [-0.15, -0.1) is 0 Å². The highest BCUT2D eigenvalue weighted by Gasteiger charge is 2.47. The number of methoxy groups -OCH3 is 4. The van der Waals surface area contributed by atoms with Crippen LogP contribution in [0.5, 0.6) is 11.5 Å². The first kappa shape index (κ1) is 45.6. The van der Waals surface area contributed by atoms with E-state index < -0.39 is 46.4 Å². The number of nitrogens with zero attached hydrogens (tertiary/aromatic N) is 2. The van der Waals surface area contributed by atoms with Crippen molar-refractivity contribution in [3.63, 3.8) is 0 Å². The Balaban J connectivity index is 2.21. The lowest BCUT2D eigenvalue weighted by Crippen LogP contribution is -2.58. The lowest BCUT2D eigenvalue weighted by Gasteiger charge is -2.39. The van der Waals surface area contributed by atoms with Crippen molar-refractivity contribution in [1.82, 2.24) is 9.80 Å². The van der Waals surface area contributed by atoms with Crippen LogP contribution in [0.4, 0.5) is 9.59 Å². The molecule has 14 heteroatoms. The number of amides is 2. The van der Waals surface area contributed by atoms with E-state index in [1.54, 1.807) is 118 Å². The first-order valence-corrected chi connectivity index (χ1v) is 17.8. The standard InChI is InChI=1S/C40H60N2O12/c1-37(2,3)53-35(45)41(27-47-9)39(7,25-29-15-19-31(49-11)20-16-29)33(43)51-23-13-14-24-52-34(44)40(8,26-30-17-21-32(50-12)22-18-30)42(28-48-10)36(46)54-38(4,5)6/h15-22H,13-14,23-28H2,1-12H3/t39-,40-/m0/s1. The molecule has 0 aliphatic carbocycles. The van der Waals surface area contributed by atoms with Crippen LogP contribution in [-0.2, 0) is 50.9 Å². The van der Waals surface area contributed by atoms with Crippen molar-refractivity contribution in [3.8, 4) is 11.5 Å². The summed E-state index contributed by atoms with van der Waals surface area (Å²) in [6, 6.07) is 14.3. The van der Waals surface area contributed by atoms with E-state index in [-0.39, 0.29) is 39.5 Å². The molecule has 2 amide bonds. The van der Waals surface area contributed by atoms with E-state index >= 15 is 0 Å². The van der Waals surface area contributed by atoms with Crippen molar-refractivity contribution in [2.75, 3.05) is 55.1 Å². The van der Waals surface area contributed by atoms with Gasteiger partial charge in [-0.3, -0.25) is 9.80 Å². The van der Waals surface area contributed by atoms with E-state index in [2.05, 4.69) is 0 Å². The molecule has 2 aromatic carbocycles. The molecule has 0 spiro atoms. The fraction of sp³-hybridized carbons (Fsp3) is 0.600. The van der Waals surface area contributed by atoms with Crippen LogP contribution >= 0.6 is 0 Å². The molecular formula is C40H60N2O12. The van der Waals surface area contributed by atoms with Gasteiger partial charge >= 0.3 is 24.1 Å². The van der Waals surface area contributed by atoms with Crippen molar-refractivity contribution < 1.29 is 57.1 Å². The summed E-state index contributed by atoms with van der Waals surface area (Å²) < 4.78 is 44.0. The van der Waals surface area contributed by atoms with Crippen LogP contribution in [0.2, 0.25) is 0 Å². The van der Waals surface area contributed by atoms with Gasteiger partial charge in [0.2, 0.25) is 0 Å². The molecule has 0 radical (unpaired) electrons. The Morgan fingerprint density at radius 1 is 0.519 bits per heavy atom. The molecule has 0 aliphatic heterocycles. The number of esters is 2. The van der Waals surface area contributed by atoms with Crippen LogP contribution in [0.3, 0.4) is 0 Å². The van der Waals surface area contributed by atoms with Gasteiger partial charge in [-0.25, -0.2) is 19.2 Å². The average Bonchev–Trinajstić information content (AvgIpc) is 3.09. The Kier molecular flexibility index (Phi) is 17.1. The lowest BCUT2D eigenvalue weighted by molar-refractivity contribution is -0.162. The Morgan fingerprint density at radius 2 is 0.833 bits per heavy atom. The van der Waals surface area contributed by atoms with Gasteiger partial charge in [-0.1, -0.05) is 24.3 Å². The minimum Gasteiger partial charge on any atom is -0.497 e. The lowest BCUT2D eigenvalue weighted by atomic mass is 9.91. The van der Waals surface area contributed by atoms with Gasteiger partial charge in [0.05, 0.1) is 27.4 Å². The zero-order chi connectivity index (χ0) is 40.7. The van der Waals surface area contributed by atoms with Gasteiger partial charge in [-0.2, -0.15) is 0 Å². The Bertz CT molecular complexity index is 1390. The summed E-state index contributed by atoms with van der Waals surface area (Å²) in [7, 11) is 5.95. The van der Waals surface area contributed by atoms with E-state index in [9.17, 15) is 19.2 Å². The number of carbonyl (C=O) groups excluding carboxylic acids is 4. The van der Waals surface area contributed by atoms with Crippen molar-refractivity contribution in [3.05, 3.63) is 59.7 Å². The molecule has 14 nitrogen and oxygen atoms in total. The molecule has 0 saturated carbocycles. The van der Waals surface area contributed by atoms with E-state index in [0.717, 1.165) is 11.1 Å². The molecule has 2 rings (SSSR count). The zero-order valence-electron chi connectivity index (χ0n) is 34.1. The van der Waals surface area contributed by atoms with Crippen molar-refractivity contribution in [1.29, 1.82) is 0 Å². The number of hydrogen-bond acceptors (Lipinski definition) is 12. The number of unbranched alkanes of at least 4 members (excludes halogenated alkanes) is 1. The highest BCUT2D eigenvalue weighted by atomic mass is 16.6. The van der Waals surface area contributed by atoms with Crippen LogP contribution in [0.15, 0.2) is 48.5 Å². The fourth-order valence-corrected chi connectivity index (χ4v) is 5.37. The predicted octanol–water partition coefficient (Wildman–Crippen LogP) is 6.56. The first-order valence-electron chi connectivity index (χ1n) is 17.8. The zero-order valence-corrected chi connectivity index (χ0v) is 34.1. The summed E-state index contributed by atoms with van der Waals surface area (Å²) in [6.45, 7) is 13.1. The van der Waals surface area contributed by atoms with Crippen LogP contribution in [0, 0.1) is 0 Å². The third-order valence-corrected chi connectivity index (χ3v) is 8.23. The van der Waals surface area contributed by atoms with Crippen molar-refractivity contribution in [2.45, 2.75) is 103 Å². The second-order valence-electron chi connectivity index (χ2n) is 15.2. The predicted molar refractivity (Wildman–Crippen MR) is 201 cm³/mol. The molecule has 0 bridgehead atoms. The highest BCUT2D eigenvalue weighted by Crippen LogP contribution is 2.29.